The minimum atomic E-state index is -2.36. The SMILES string of the molecule is NC1=CC(CCO[C@@H]2[C@H]3Oc4c(cc5c(c4OC[C@H](O)CC=O)C(=O)c4cc(CO)ccc4C5=O)[C@H](c4ccccc4N4CN[C@@H]5C(=O)N[C@@H](N)N[C@H]54)[C@H]4CC[C@@H](O)CC#C[C@](O)([C@H](COC4)O3)[C@H]2O)=CCN1. The largest absolute Gasteiger partial charge is 0.486 e. The molecule has 386 valence electrons. The number of rotatable bonds is 12. The third-order valence-electron chi connectivity index (χ3n) is 14.6. The van der Waals surface area contributed by atoms with E-state index in [1.165, 1.54) is 12.1 Å². The van der Waals surface area contributed by atoms with Gasteiger partial charge in [0, 0.05) is 53.2 Å². The Bertz CT molecular complexity index is 2800. The van der Waals surface area contributed by atoms with Crippen molar-refractivity contribution in [1.29, 1.82) is 0 Å². The molecule has 0 radical (unpaired) electrons. The first-order chi connectivity index (χ1) is 35.3. The molecule has 0 unspecified atom stereocenters. The fourth-order valence-corrected chi connectivity index (χ4v) is 10.9. The van der Waals surface area contributed by atoms with Crippen LogP contribution < -0.4 is 47.1 Å². The van der Waals surface area contributed by atoms with E-state index < -0.39 is 97.5 Å². The number of dihydropyridines is 1. The average Bonchev–Trinajstić information content (AvgIpc) is 3.79. The summed E-state index contributed by atoms with van der Waals surface area (Å²) in [6.07, 6.45) is -5.97. The number of allylic oxidation sites excluding steroid dienone is 1. The van der Waals surface area contributed by atoms with E-state index in [9.17, 15) is 35.1 Å². The normalized spacial score (nSPS) is 31.0. The number of fused-ring (bicyclic) bond motifs is 8. The Balaban J connectivity index is 1.22. The molecule has 0 aromatic heterocycles. The minimum Gasteiger partial charge on any atom is -0.486 e. The van der Waals surface area contributed by atoms with Crippen LogP contribution in [0.4, 0.5) is 5.69 Å². The van der Waals surface area contributed by atoms with Crippen molar-refractivity contribution in [3.8, 4) is 23.3 Å². The molecule has 1 amide bonds. The first kappa shape index (κ1) is 50.3. The number of ketones is 2. The van der Waals surface area contributed by atoms with Crippen LogP contribution in [-0.2, 0) is 30.4 Å². The molecule has 73 heavy (non-hydrogen) atoms. The lowest BCUT2D eigenvalue weighted by atomic mass is 9.74. The van der Waals surface area contributed by atoms with Gasteiger partial charge in [0.1, 0.15) is 49.7 Å². The smallest absolute Gasteiger partial charge is 0.242 e. The van der Waals surface area contributed by atoms with Gasteiger partial charge in [0.25, 0.3) is 0 Å². The number of nitrogens with zero attached hydrogens (tertiary/aromatic N) is 1. The van der Waals surface area contributed by atoms with Crippen molar-refractivity contribution < 1.29 is 68.4 Å². The number of aliphatic hydroxyl groups is 5. The number of carbonyl (C=O) groups is 4. The lowest BCUT2D eigenvalue weighted by molar-refractivity contribution is -0.308. The molecule has 13 N–H and O–H groups in total. The van der Waals surface area contributed by atoms with E-state index in [1.54, 1.807) is 18.2 Å². The first-order valence-corrected chi connectivity index (χ1v) is 24.5. The molecule has 0 saturated carbocycles. The van der Waals surface area contributed by atoms with Gasteiger partial charge < -0.3 is 75.3 Å². The number of hydrogen-bond acceptors (Lipinski definition) is 20. The van der Waals surface area contributed by atoms with Crippen LogP contribution in [0, 0.1) is 17.8 Å². The Kier molecular flexibility index (Phi) is 14.4. The van der Waals surface area contributed by atoms with Crippen molar-refractivity contribution in [3.63, 3.8) is 0 Å². The molecule has 21 nitrogen and oxygen atoms in total. The van der Waals surface area contributed by atoms with Gasteiger partial charge in [-0.3, -0.25) is 30.8 Å². The van der Waals surface area contributed by atoms with E-state index in [-0.39, 0.29) is 97.4 Å². The number of carbonyl (C=O) groups excluding carboxylic acids is 4. The molecule has 6 aliphatic heterocycles. The zero-order chi connectivity index (χ0) is 51.1. The topological polar surface area (TPSA) is 319 Å². The summed E-state index contributed by atoms with van der Waals surface area (Å²) in [7, 11) is 0. The van der Waals surface area contributed by atoms with E-state index in [0.29, 0.717) is 41.9 Å². The quantitative estimate of drug-likeness (QED) is 0.0595. The molecular weight excluding hydrogens is 947 g/mol. The average molecular weight is 1010 g/mol. The third kappa shape index (κ3) is 9.61. The fraction of sp³-hybridized carbons (Fsp3) is 0.462. The predicted octanol–water partition coefficient (Wildman–Crippen LogP) is -1.07. The van der Waals surface area contributed by atoms with E-state index >= 15 is 9.59 Å². The first-order valence-electron chi connectivity index (χ1n) is 24.5. The van der Waals surface area contributed by atoms with Gasteiger partial charge in [-0.15, -0.1) is 0 Å². The molecule has 10 rings (SSSR count). The zero-order valence-corrected chi connectivity index (χ0v) is 39.7. The number of nitrogens with one attached hydrogen (secondary N) is 4. The molecule has 21 heteroatoms. The summed E-state index contributed by atoms with van der Waals surface area (Å²) in [6, 6.07) is 12.7. The van der Waals surface area contributed by atoms with E-state index in [2.05, 4.69) is 33.1 Å². The summed E-state index contributed by atoms with van der Waals surface area (Å²) in [5.41, 5.74) is 12.3. The fourth-order valence-electron chi connectivity index (χ4n) is 10.9. The van der Waals surface area contributed by atoms with Crippen molar-refractivity contribution >= 4 is 29.4 Å². The minimum absolute atomic E-state index is 0.0334. The highest BCUT2D eigenvalue weighted by Gasteiger charge is 2.57. The lowest BCUT2D eigenvalue weighted by Crippen LogP contribution is -2.70. The number of para-hydroxylation sites is 1. The van der Waals surface area contributed by atoms with Crippen LogP contribution >= 0.6 is 0 Å². The summed E-state index contributed by atoms with van der Waals surface area (Å²) in [5, 5.41) is 70.1. The Morgan fingerprint density at radius 3 is 2.67 bits per heavy atom. The van der Waals surface area contributed by atoms with Gasteiger partial charge >= 0.3 is 0 Å². The van der Waals surface area contributed by atoms with Gasteiger partial charge in [-0.05, 0) is 72.2 Å². The molecule has 3 fully saturated rings. The summed E-state index contributed by atoms with van der Waals surface area (Å²) in [4.78, 5) is 57.2. The zero-order valence-electron chi connectivity index (χ0n) is 39.7. The second-order valence-corrected chi connectivity index (χ2v) is 19.3. The maximum atomic E-state index is 15.1. The van der Waals surface area contributed by atoms with Gasteiger partial charge in [-0.25, -0.2) is 0 Å². The number of aldehydes is 1. The maximum absolute atomic E-state index is 15.1. The Morgan fingerprint density at radius 1 is 1.03 bits per heavy atom. The van der Waals surface area contributed by atoms with Gasteiger partial charge in [-0.2, -0.15) is 0 Å². The molecule has 6 heterocycles. The number of nitrogens with two attached hydrogens (primary N) is 2. The Morgan fingerprint density at radius 2 is 1.86 bits per heavy atom. The molecule has 3 aromatic rings. The summed E-state index contributed by atoms with van der Waals surface area (Å²) >= 11 is 0. The highest BCUT2D eigenvalue weighted by Crippen LogP contribution is 2.52. The van der Waals surface area contributed by atoms with Crippen LogP contribution in [0.3, 0.4) is 0 Å². The van der Waals surface area contributed by atoms with Crippen LogP contribution in [-0.4, -0.2) is 150 Å². The van der Waals surface area contributed by atoms with Crippen molar-refractivity contribution in [2.45, 2.75) is 106 Å². The Labute approximate surface area is 419 Å². The van der Waals surface area contributed by atoms with Crippen molar-refractivity contribution in [2.75, 3.05) is 44.5 Å². The number of amides is 1. The van der Waals surface area contributed by atoms with Gasteiger partial charge in [0.15, 0.2) is 28.7 Å². The molecular formula is C52H59N7O14. The van der Waals surface area contributed by atoms with Crippen LogP contribution in [0.2, 0.25) is 0 Å². The summed E-state index contributed by atoms with van der Waals surface area (Å²) in [6.45, 7) is -0.802. The molecule has 12 atom stereocenters. The van der Waals surface area contributed by atoms with E-state index in [0.717, 1.165) is 5.57 Å². The molecule has 3 aromatic carbocycles. The molecule has 7 aliphatic rings. The number of ether oxygens (including phenoxy) is 5. The predicted molar refractivity (Wildman–Crippen MR) is 258 cm³/mol. The van der Waals surface area contributed by atoms with E-state index in [1.807, 2.05) is 35.2 Å². The van der Waals surface area contributed by atoms with Crippen LogP contribution in [0.1, 0.15) is 86.6 Å². The van der Waals surface area contributed by atoms with Crippen LogP contribution in [0.5, 0.6) is 11.5 Å². The van der Waals surface area contributed by atoms with Crippen molar-refractivity contribution in [3.05, 3.63) is 111 Å². The third-order valence-corrected chi connectivity index (χ3v) is 14.6. The Hall–Kier alpha value is -6.26. The van der Waals surface area contributed by atoms with E-state index in [4.69, 9.17) is 35.2 Å². The van der Waals surface area contributed by atoms with Gasteiger partial charge in [0.05, 0.1) is 56.7 Å². The second-order valence-electron chi connectivity index (χ2n) is 19.3. The number of aliphatic hydroxyl groups excluding tert-OH is 4. The monoisotopic (exact) mass is 1010 g/mol. The second kappa shape index (κ2) is 20.9. The highest BCUT2D eigenvalue weighted by molar-refractivity contribution is 6.29. The van der Waals surface area contributed by atoms with Crippen molar-refractivity contribution in [1.82, 2.24) is 21.3 Å². The number of hydrogen-bond donors (Lipinski definition) is 11. The number of benzene rings is 3. The van der Waals surface area contributed by atoms with Crippen LogP contribution in [0.25, 0.3) is 0 Å². The highest BCUT2D eigenvalue weighted by atomic mass is 16.7. The van der Waals surface area contributed by atoms with Crippen molar-refractivity contribution in [2.24, 2.45) is 17.4 Å². The summed E-state index contributed by atoms with van der Waals surface area (Å²) < 4.78 is 33.3. The molecule has 0 spiro atoms. The van der Waals surface area contributed by atoms with Gasteiger partial charge in [0.2, 0.25) is 12.2 Å². The van der Waals surface area contributed by atoms with Crippen LogP contribution in [0.15, 0.2) is 72.1 Å². The standard InChI is InChI=1S/C52H59N7O14/c53-38-19-26(11-15-55-38)13-17-70-46-47(66)52(68)14-3-4-29(62)9-8-28-22-69-24-37(52)72-50(46)73-44-35(39(28)32-5-1-2-6-36(32)59-25-56-41-48(59)57-51(54)58-49(41)67)20-34-40(45(44)71-23-30(63)12-16-60)43(65)33-18-27(21-61)7-10-31(33)42(34)64/h1-2,5-7,10-11,16,18-20,28-30,37,39,41,46-48,50-51,55-57,61-63,66,68H,4,8-9,12-13,15,17,21-25,53-54H2,(H,58,67)/t28-,29-,30+,37-,39-,41-,46-,47-,48-,50+,51-,52-/m0/s1. The molecule has 3 bridgehead atoms. The number of anilines is 1. The van der Waals surface area contributed by atoms with Gasteiger partial charge in [-0.1, -0.05) is 42.2 Å². The molecule has 1 aliphatic carbocycles. The lowest BCUT2D eigenvalue weighted by Gasteiger charge is -2.47. The summed E-state index contributed by atoms with van der Waals surface area (Å²) in [5.74, 6) is 2.53. The maximum Gasteiger partial charge on any atom is 0.242 e. The molecule has 3 saturated heterocycles.